The average Bonchev–Trinajstić information content (AvgIpc) is 3.26. The minimum absolute atomic E-state index is 0.166. The van der Waals surface area contributed by atoms with Crippen LogP contribution in [0, 0.1) is 0 Å². The highest BCUT2D eigenvalue weighted by Gasteiger charge is 2.17. The van der Waals surface area contributed by atoms with Crippen molar-refractivity contribution in [3.8, 4) is 11.3 Å². The van der Waals surface area contributed by atoms with Gasteiger partial charge in [-0.2, -0.15) is 5.10 Å². The minimum atomic E-state index is -0.166. The lowest BCUT2D eigenvalue weighted by molar-refractivity contribution is 0.102. The molecule has 4 rings (SSSR count). The standard InChI is InChI=1S/C23H27N5O/c1-2-27-12-14-28(15-13-27)17-18-8-10-20(11-9-18)25-23(29)21-16-24-26-22(21)19-6-4-3-5-7-19/h3-11,16H,2,12-15,17H2,1H3,(H,24,26)(H,25,29). The van der Waals surface area contributed by atoms with Crippen molar-refractivity contribution in [2.75, 3.05) is 38.0 Å². The van der Waals surface area contributed by atoms with Gasteiger partial charge in [0.05, 0.1) is 17.5 Å². The van der Waals surface area contributed by atoms with Crippen molar-refractivity contribution < 1.29 is 4.79 Å². The van der Waals surface area contributed by atoms with E-state index in [9.17, 15) is 4.79 Å². The Labute approximate surface area is 171 Å². The largest absolute Gasteiger partial charge is 0.322 e. The van der Waals surface area contributed by atoms with Gasteiger partial charge in [0, 0.05) is 44.0 Å². The van der Waals surface area contributed by atoms with E-state index in [0.717, 1.165) is 56.2 Å². The zero-order chi connectivity index (χ0) is 20.1. The summed E-state index contributed by atoms with van der Waals surface area (Å²) in [5.74, 6) is -0.166. The highest BCUT2D eigenvalue weighted by atomic mass is 16.1. The molecule has 6 nitrogen and oxygen atoms in total. The quantitative estimate of drug-likeness (QED) is 0.678. The van der Waals surface area contributed by atoms with Gasteiger partial charge in [-0.25, -0.2) is 0 Å². The second-order valence-corrected chi connectivity index (χ2v) is 7.39. The molecule has 0 spiro atoms. The number of aromatic amines is 1. The summed E-state index contributed by atoms with van der Waals surface area (Å²) >= 11 is 0. The summed E-state index contributed by atoms with van der Waals surface area (Å²) in [6.45, 7) is 8.79. The molecule has 6 heteroatoms. The van der Waals surface area contributed by atoms with Gasteiger partial charge in [-0.1, -0.05) is 49.4 Å². The van der Waals surface area contributed by atoms with Crippen LogP contribution in [0.3, 0.4) is 0 Å². The molecule has 1 aliphatic rings. The number of H-pyrrole nitrogens is 1. The average molecular weight is 390 g/mol. The molecule has 0 atom stereocenters. The maximum Gasteiger partial charge on any atom is 0.259 e. The number of amides is 1. The van der Waals surface area contributed by atoms with E-state index in [2.05, 4.69) is 44.4 Å². The van der Waals surface area contributed by atoms with Crippen LogP contribution in [0.25, 0.3) is 11.3 Å². The number of hydrogen-bond acceptors (Lipinski definition) is 4. The predicted molar refractivity (Wildman–Crippen MR) is 116 cm³/mol. The van der Waals surface area contributed by atoms with E-state index >= 15 is 0 Å². The second-order valence-electron chi connectivity index (χ2n) is 7.39. The first-order valence-electron chi connectivity index (χ1n) is 10.2. The third-order valence-corrected chi connectivity index (χ3v) is 5.48. The number of piperazine rings is 1. The van der Waals surface area contributed by atoms with Crippen LogP contribution in [-0.2, 0) is 6.54 Å². The van der Waals surface area contributed by atoms with Gasteiger partial charge < -0.3 is 10.2 Å². The molecule has 29 heavy (non-hydrogen) atoms. The summed E-state index contributed by atoms with van der Waals surface area (Å²) in [4.78, 5) is 17.7. The van der Waals surface area contributed by atoms with Crippen molar-refractivity contribution in [1.82, 2.24) is 20.0 Å². The molecule has 2 N–H and O–H groups in total. The molecule has 1 fully saturated rings. The Kier molecular flexibility index (Phi) is 6.03. The smallest absolute Gasteiger partial charge is 0.259 e. The number of hydrogen-bond donors (Lipinski definition) is 2. The predicted octanol–water partition coefficient (Wildman–Crippen LogP) is 3.47. The fourth-order valence-corrected chi connectivity index (χ4v) is 3.70. The van der Waals surface area contributed by atoms with Gasteiger partial charge in [-0.05, 0) is 24.2 Å². The van der Waals surface area contributed by atoms with Gasteiger partial charge in [0.25, 0.3) is 5.91 Å². The molecule has 1 aliphatic heterocycles. The second kappa shape index (κ2) is 9.03. The summed E-state index contributed by atoms with van der Waals surface area (Å²) in [6, 6.07) is 17.9. The Morgan fingerprint density at radius 1 is 1.00 bits per heavy atom. The minimum Gasteiger partial charge on any atom is -0.322 e. The molecule has 1 aromatic heterocycles. The topological polar surface area (TPSA) is 64.3 Å². The molecular weight excluding hydrogens is 362 g/mol. The fourth-order valence-electron chi connectivity index (χ4n) is 3.70. The fraction of sp³-hybridized carbons (Fsp3) is 0.304. The van der Waals surface area contributed by atoms with Gasteiger partial charge in [-0.15, -0.1) is 0 Å². The molecule has 0 radical (unpaired) electrons. The van der Waals surface area contributed by atoms with Gasteiger partial charge >= 0.3 is 0 Å². The lowest BCUT2D eigenvalue weighted by Crippen LogP contribution is -2.45. The number of benzene rings is 2. The molecule has 0 unspecified atom stereocenters. The third kappa shape index (κ3) is 4.72. The van der Waals surface area contributed by atoms with Crippen molar-refractivity contribution in [2.24, 2.45) is 0 Å². The van der Waals surface area contributed by atoms with Crippen molar-refractivity contribution in [1.29, 1.82) is 0 Å². The zero-order valence-corrected chi connectivity index (χ0v) is 16.8. The molecule has 0 saturated carbocycles. The van der Waals surface area contributed by atoms with E-state index < -0.39 is 0 Å². The van der Waals surface area contributed by atoms with Gasteiger partial charge in [0.2, 0.25) is 0 Å². The maximum absolute atomic E-state index is 12.7. The van der Waals surface area contributed by atoms with Crippen LogP contribution < -0.4 is 5.32 Å². The van der Waals surface area contributed by atoms with Gasteiger partial charge in [0.1, 0.15) is 0 Å². The van der Waals surface area contributed by atoms with Crippen molar-refractivity contribution in [3.63, 3.8) is 0 Å². The van der Waals surface area contributed by atoms with Crippen LogP contribution in [0.5, 0.6) is 0 Å². The summed E-state index contributed by atoms with van der Waals surface area (Å²) in [7, 11) is 0. The van der Waals surface area contributed by atoms with E-state index in [1.165, 1.54) is 5.56 Å². The molecule has 3 aromatic rings. The highest BCUT2D eigenvalue weighted by molar-refractivity contribution is 6.07. The number of likely N-dealkylation sites (N-methyl/N-ethyl adjacent to an activating group) is 1. The van der Waals surface area contributed by atoms with Crippen LogP contribution in [-0.4, -0.2) is 58.6 Å². The molecular formula is C23H27N5O. The Morgan fingerprint density at radius 3 is 2.38 bits per heavy atom. The Morgan fingerprint density at radius 2 is 1.69 bits per heavy atom. The normalized spacial score (nSPS) is 15.3. The van der Waals surface area contributed by atoms with Crippen LogP contribution >= 0.6 is 0 Å². The van der Waals surface area contributed by atoms with E-state index in [4.69, 9.17) is 0 Å². The molecule has 2 aromatic carbocycles. The van der Waals surface area contributed by atoms with E-state index in [-0.39, 0.29) is 5.91 Å². The van der Waals surface area contributed by atoms with Crippen molar-refractivity contribution in [3.05, 3.63) is 71.9 Å². The van der Waals surface area contributed by atoms with Crippen molar-refractivity contribution in [2.45, 2.75) is 13.5 Å². The van der Waals surface area contributed by atoms with Crippen LogP contribution in [0.4, 0.5) is 5.69 Å². The van der Waals surface area contributed by atoms with Gasteiger partial charge in [0.15, 0.2) is 0 Å². The number of rotatable bonds is 6. The van der Waals surface area contributed by atoms with Crippen LogP contribution in [0.1, 0.15) is 22.8 Å². The van der Waals surface area contributed by atoms with Crippen molar-refractivity contribution >= 4 is 11.6 Å². The third-order valence-electron chi connectivity index (χ3n) is 5.48. The summed E-state index contributed by atoms with van der Waals surface area (Å²) in [6.07, 6.45) is 1.57. The molecule has 0 bridgehead atoms. The molecule has 1 amide bonds. The SMILES string of the molecule is CCN1CCN(Cc2ccc(NC(=O)c3cn[nH]c3-c3ccccc3)cc2)CC1. The maximum atomic E-state index is 12.7. The number of carbonyl (C=O) groups excluding carboxylic acids is 1. The number of nitrogens with one attached hydrogen (secondary N) is 2. The summed E-state index contributed by atoms with van der Waals surface area (Å²) in [5.41, 5.74) is 4.25. The Hall–Kier alpha value is -2.96. The first-order valence-corrected chi connectivity index (χ1v) is 10.2. The monoisotopic (exact) mass is 389 g/mol. The number of aromatic nitrogens is 2. The summed E-state index contributed by atoms with van der Waals surface area (Å²) < 4.78 is 0. The molecule has 0 aliphatic carbocycles. The highest BCUT2D eigenvalue weighted by Crippen LogP contribution is 2.22. The molecule has 150 valence electrons. The lowest BCUT2D eigenvalue weighted by atomic mass is 10.1. The Balaban J connectivity index is 1.37. The van der Waals surface area contributed by atoms with Crippen LogP contribution in [0.15, 0.2) is 60.8 Å². The van der Waals surface area contributed by atoms with Crippen LogP contribution in [0.2, 0.25) is 0 Å². The van der Waals surface area contributed by atoms with Gasteiger partial charge in [-0.3, -0.25) is 14.8 Å². The summed E-state index contributed by atoms with van der Waals surface area (Å²) in [5, 5.41) is 9.97. The Bertz CT molecular complexity index is 927. The first kappa shape index (κ1) is 19.4. The molecule has 2 heterocycles. The first-order chi connectivity index (χ1) is 14.2. The number of nitrogens with zero attached hydrogens (tertiary/aromatic N) is 3. The van der Waals surface area contributed by atoms with E-state index in [1.807, 2.05) is 42.5 Å². The number of anilines is 1. The van der Waals surface area contributed by atoms with E-state index in [1.54, 1.807) is 6.20 Å². The van der Waals surface area contributed by atoms with E-state index in [0.29, 0.717) is 5.56 Å². The zero-order valence-electron chi connectivity index (χ0n) is 16.8. The lowest BCUT2D eigenvalue weighted by Gasteiger charge is -2.34. The molecule has 1 saturated heterocycles. The number of carbonyl (C=O) groups is 1.